The summed E-state index contributed by atoms with van der Waals surface area (Å²) < 4.78 is 6.80. The number of ether oxygens (including phenoxy) is 1. The molecule has 0 spiro atoms. The molecule has 2 aromatic heterocycles. The van der Waals surface area contributed by atoms with Gasteiger partial charge in [0.1, 0.15) is 6.61 Å². The van der Waals surface area contributed by atoms with Gasteiger partial charge in [-0.05, 0) is 36.8 Å². The summed E-state index contributed by atoms with van der Waals surface area (Å²) in [6, 6.07) is 10.1. The minimum Gasteiger partial charge on any atom is -0.458 e. The van der Waals surface area contributed by atoms with Crippen molar-refractivity contribution in [2.24, 2.45) is 0 Å². The topological polar surface area (TPSA) is 96.7 Å². The Bertz CT molecular complexity index is 1340. The number of rotatable bonds is 2. The number of pyridine rings is 2. The molecule has 1 unspecified atom stereocenters. The second kappa shape index (κ2) is 6.88. The Morgan fingerprint density at radius 1 is 1.19 bits per heavy atom. The van der Waals surface area contributed by atoms with E-state index in [4.69, 9.17) is 9.72 Å². The van der Waals surface area contributed by atoms with E-state index < -0.39 is 11.6 Å². The number of nitrogens with one attached hydrogen (secondary N) is 1. The van der Waals surface area contributed by atoms with Crippen molar-refractivity contribution in [1.82, 2.24) is 14.9 Å². The Hall–Kier alpha value is -3.23. The molecule has 6 rings (SSSR count). The summed E-state index contributed by atoms with van der Waals surface area (Å²) >= 11 is 0. The number of esters is 1. The van der Waals surface area contributed by atoms with E-state index in [1.165, 1.54) is 5.69 Å². The van der Waals surface area contributed by atoms with Crippen molar-refractivity contribution in [3.05, 3.63) is 57.4 Å². The molecule has 8 heteroatoms. The molecule has 0 aliphatic carbocycles. The fourth-order valence-corrected chi connectivity index (χ4v) is 5.09. The molecule has 8 nitrogen and oxygen atoms in total. The number of hydrogen-bond donors (Lipinski definition) is 2. The smallest absolute Gasteiger partial charge is 0.343 e. The first kappa shape index (κ1) is 19.5. The molecule has 0 saturated carbocycles. The lowest BCUT2D eigenvalue weighted by Crippen LogP contribution is -2.44. The molecule has 164 valence electrons. The molecule has 1 atom stereocenters. The Labute approximate surface area is 184 Å². The van der Waals surface area contributed by atoms with Crippen LogP contribution in [0.5, 0.6) is 0 Å². The van der Waals surface area contributed by atoms with E-state index in [9.17, 15) is 14.7 Å². The third-order valence-corrected chi connectivity index (χ3v) is 6.97. The van der Waals surface area contributed by atoms with Gasteiger partial charge in [0.25, 0.3) is 5.56 Å². The number of fused-ring (bicyclic) bond motifs is 5. The molecule has 0 bridgehead atoms. The fraction of sp³-hybridized carbons (Fsp3) is 0.375. The first-order valence-corrected chi connectivity index (χ1v) is 11.1. The van der Waals surface area contributed by atoms with Gasteiger partial charge >= 0.3 is 5.97 Å². The van der Waals surface area contributed by atoms with Gasteiger partial charge < -0.3 is 24.6 Å². The normalized spacial score (nSPS) is 21.8. The monoisotopic (exact) mass is 432 g/mol. The van der Waals surface area contributed by atoms with Gasteiger partial charge in [0, 0.05) is 48.4 Å². The molecule has 32 heavy (non-hydrogen) atoms. The molecule has 3 aromatic rings. The van der Waals surface area contributed by atoms with E-state index in [1.54, 1.807) is 17.6 Å². The molecular formula is C24H24N4O4. The molecule has 1 aromatic carbocycles. The number of piperazine rings is 1. The summed E-state index contributed by atoms with van der Waals surface area (Å²) in [4.78, 5) is 32.8. The summed E-state index contributed by atoms with van der Waals surface area (Å²) in [6.07, 6.45) is 0.133. The van der Waals surface area contributed by atoms with Crippen molar-refractivity contribution in [3.8, 4) is 11.4 Å². The predicted octanol–water partition coefficient (Wildman–Crippen LogP) is 1.49. The van der Waals surface area contributed by atoms with Crippen LogP contribution < -0.4 is 15.8 Å². The average molecular weight is 432 g/mol. The number of carbonyl (C=O) groups is 1. The maximum Gasteiger partial charge on any atom is 0.343 e. The quantitative estimate of drug-likeness (QED) is 0.463. The summed E-state index contributed by atoms with van der Waals surface area (Å²) in [5.41, 5.74) is 3.00. The number of aromatic nitrogens is 2. The highest BCUT2D eigenvalue weighted by atomic mass is 16.6. The van der Waals surface area contributed by atoms with Crippen LogP contribution in [0.25, 0.3) is 22.3 Å². The number of anilines is 1. The van der Waals surface area contributed by atoms with Crippen molar-refractivity contribution in [2.75, 3.05) is 31.1 Å². The number of nitrogens with zero attached hydrogens (tertiary/aromatic N) is 3. The number of aliphatic hydroxyl groups is 1. The second-order valence-corrected chi connectivity index (χ2v) is 8.71. The highest BCUT2D eigenvalue weighted by molar-refractivity contribution is 5.88. The van der Waals surface area contributed by atoms with E-state index in [0.29, 0.717) is 23.4 Å². The van der Waals surface area contributed by atoms with E-state index in [-0.39, 0.29) is 18.6 Å². The molecule has 2 N–H and O–H groups in total. The van der Waals surface area contributed by atoms with Crippen LogP contribution in [0.4, 0.5) is 5.69 Å². The van der Waals surface area contributed by atoms with E-state index in [2.05, 4.69) is 28.4 Å². The standard InChI is InChI=1S/C24H24N4O4/c1-2-24(31)18-11-20-21-15(12-28(20)22(29)17(18)13-32-23(24)30)9-14-10-16(3-4-19(14)26-21)27-7-5-25-6-8-27/h3-4,9-11,25,31H,2,5-8,12-13H2,1H3. The fourth-order valence-electron chi connectivity index (χ4n) is 5.09. The average Bonchev–Trinajstić information content (AvgIpc) is 3.18. The van der Waals surface area contributed by atoms with Crippen LogP contribution in [0.2, 0.25) is 0 Å². The zero-order chi connectivity index (χ0) is 22.0. The third-order valence-electron chi connectivity index (χ3n) is 6.97. The SMILES string of the molecule is CCC1(O)C(=O)OCc2c1cc1n(c2=O)Cc2cc3cc(N4CCNCC4)ccc3nc2-1. The number of cyclic esters (lactones) is 1. The van der Waals surface area contributed by atoms with Gasteiger partial charge in [-0.1, -0.05) is 6.92 Å². The maximum atomic E-state index is 13.3. The molecule has 0 radical (unpaired) electrons. The van der Waals surface area contributed by atoms with Crippen molar-refractivity contribution < 1.29 is 14.6 Å². The Morgan fingerprint density at radius 3 is 2.78 bits per heavy atom. The van der Waals surface area contributed by atoms with Crippen LogP contribution in [0.15, 0.2) is 35.1 Å². The molecule has 3 aliphatic rings. The van der Waals surface area contributed by atoms with Gasteiger partial charge in [-0.2, -0.15) is 0 Å². The molecule has 1 fully saturated rings. The van der Waals surface area contributed by atoms with Gasteiger partial charge in [0.05, 0.1) is 29.0 Å². The third kappa shape index (κ3) is 2.66. The zero-order valence-electron chi connectivity index (χ0n) is 17.9. The minimum absolute atomic E-state index is 0.116. The maximum absolute atomic E-state index is 13.3. The van der Waals surface area contributed by atoms with Crippen molar-refractivity contribution >= 4 is 22.6 Å². The van der Waals surface area contributed by atoms with E-state index in [0.717, 1.165) is 48.3 Å². The van der Waals surface area contributed by atoms with Crippen LogP contribution in [0, 0.1) is 0 Å². The van der Waals surface area contributed by atoms with Crippen molar-refractivity contribution in [1.29, 1.82) is 0 Å². The van der Waals surface area contributed by atoms with Gasteiger partial charge in [-0.15, -0.1) is 0 Å². The highest BCUT2D eigenvalue weighted by Gasteiger charge is 2.45. The predicted molar refractivity (Wildman–Crippen MR) is 120 cm³/mol. The lowest BCUT2D eigenvalue weighted by atomic mass is 9.86. The number of benzene rings is 1. The molecule has 3 aliphatic heterocycles. The summed E-state index contributed by atoms with van der Waals surface area (Å²) in [5.74, 6) is -0.706. The molecular weight excluding hydrogens is 408 g/mol. The molecule has 0 amide bonds. The van der Waals surface area contributed by atoms with E-state index in [1.807, 2.05) is 6.07 Å². The summed E-state index contributed by atoms with van der Waals surface area (Å²) in [6.45, 7) is 5.89. The first-order chi connectivity index (χ1) is 15.5. The van der Waals surface area contributed by atoms with Crippen LogP contribution in [0.1, 0.15) is 30.0 Å². The van der Waals surface area contributed by atoms with Gasteiger partial charge in [0.15, 0.2) is 5.60 Å². The Morgan fingerprint density at radius 2 is 2.00 bits per heavy atom. The van der Waals surface area contributed by atoms with Gasteiger partial charge in [0.2, 0.25) is 0 Å². The van der Waals surface area contributed by atoms with Gasteiger partial charge in [-0.25, -0.2) is 9.78 Å². The van der Waals surface area contributed by atoms with Crippen LogP contribution in [0.3, 0.4) is 0 Å². The first-order valence-electron chi connectivity index (χ1n) is 11.1. The van der Waals surface area contributed by atoms with Gasteiger partial charge in [-0.3, -0.25) is 4.79 Å². The largest absolute Gasteiger partial charge is 0.458 e. The lowest BCUT2D eigenvalue weighted by molar-refractivity contribution is -0.172. The number of carbonyl (C=O) groups excluding carboxylic acids is 1. The van der Waals surface area contributed by atoms with Crippen LogP contribution in [-0.4, -0.2) is 46.8 Å². The Balaban J connectivity index is 1.49. The highest BCUT2D eigenvalue weighted by Crippen LogP contribution is 2.38. The summed E-state index contributed by atoms with van der Waals surface area (Å²) in [5, 5.41) is 15.4. The Kier molecular flexibility index (Phi) is 4.18. The summed E-state index contributed by atoms with van der Waals surface area (Å²) in [7, 11) is 0. The van der Waals surface area contributed by atoms with Crippen LogP contribution >= 0.6 is 0 Å². The lowest BCUT2D eigenvalue weighted by Gasteiger charge is -2.31. The zero-order valence-corrected chi connectivity index (χ0v) is 17.9. The van der Waals surface area contributed by atoms with Crippen molar-refractivity contribution in [3.63, 3.8) is 0 Å². The second-order valence-electron chi connectivity index (χ2n) is 8.71. The van der Waals surface area contributed by atoms with E-state index >= 15 is 0 Å². The van der Waals surface area contributed by atoms with Crippen LogP contribution in [-0.2, 0) is 28.3 Å². The number of hydrogen-bond acceptors (Lipinski definition) is 7. The molecule has 1 saturated heterocycles. The molecule has 5 heterocycles. The minimum atomic E-state index is -1.81. The van der Waals surface area contributed by atoms with Crippen molar-refractivity contribution in [2.45, 2.75) is 32.1 Å².